The lowest BCUT2D eigenvalue weighted by Gasteiger charge is -2.32. The molecule has 0 saturated carbocycles. The Hall–Kier alpha value is -5.65. The number of fused-ring (bicyclic) bond motifs is 4. The summed E-state index contributed by atoms with van der Waals surface area (Å²) in [5, 5.41) is 42.5. The molecule has 4 spiro atoms. The summed E-state index contributed by atoms with van der Waals surface area (Å²) in [5.74, 6) is 4.10. The quantitative estimate of drug-likeness (QED) is 0.0690. The van der Waals surface area contributed by atoms with E-state index in [-0.39, 0.29) is 51.2 Å². The Morgan fingerprint density at radius 2 is 0.650 bits per heavy atom. The van der Waals surface area contributed by atoms with Gasteiger partial charge in [0.25, 0.3) is 22.9 Å². The van der Waals surface area contributed by atoms with Crippen LogP contribution in [-0.4, -0.2) is 114 Å². The molecule has 4 aromatic carbocycles. The molecule has 0 saturated heterocycles. The number of aromatic hydroxyl groups is 4. The number of carbonyl (C=O) groups is 4. The van der Waals surface area contributed by atoms with Crippen molar-refractivity contribution in [1.82, 2.24) is 19.6 Å². The summed E-state index contributed by atoms with van der Waals surface area (Å²) in [4.78, 5) is 59.5. The highest BCUT2D eigenvalue weighted by atomic mass is 79.9. The van der Waals surface area contributed by atoms with E-state index in [4.69, 9.17) is 53.8 Å². The standard InChI is InChI=1S/C20H23Br2NO3.2C20H23BrClNO3.C19H21BrClNO3/c1-5-11(2)7-6-8-13-15(24)10-9-14-17(13)26-20(19(14)25)18(22)16(21)12(3)23(20)4;1-5-11(2)7-6-8-13-15(24)10-9-14-17(13)26-20(19(14)25)18(21)16(22)12(3)23(20)4;1-5-11(2)7-6-8-13-15(24)10-9-14-17(13)26-20(19(14)25)18(22)16(21)12(3)23(20)4;1-10(2)6-5-7-12-14(23)9-8-13-16(12)25-19(18(13)24)17(20)15(21)11(3)22(19)4/h3*9-11,24H,3,5-8H2,1-2,4H3;8-10,23H,3,5-7H2,1-2,4H3. The Morgan fingerprint density at radius 3 is 0.893 bits per heavy atom. The van der Waals surface area contributed by atoms with E-state index in [1.54, 1.807) is 96.3 Å². The summed E-state index contributed by atoms with van der Waals surface area (Å²) in [6.45, 7) is 33.3. The molecule has 7 atom stereocenters. The van der Waals surface area contributed by atoms with Gasteiger partial charge in [0.05, 0.1) is 66.1 Å². The number of ketones is 4. The van der Waals surface area contributed by atoms with E-state index < -0.39 is 22.9 Å². The molecule has 12 rings (SSSR count). The first-order chi connectivity index (χ1) is 48.5. The van der Waals surface area contributed by atoms with Crippen molar-refractivity contribution in [2.45, 2.75) is 175 Å². The molecular formula is C79H90Br5Cl3N4O12. The summed E-state index contributed by atoms with van der Waals surface area (Å²) in [6, 6.07) is 12.8. The fourth-order valence-electron chi connectivity index (χ4n) is 13.8. The van der Waals surface area contributed by atoms with Gasteiger partial charge in [0, 0.05) is 61.8 Å². The summed E-state index contributed by atoms with van der Waals surface area (Å²) < 4.78 is 27.5. The van der Waals surface area contributed by atoms with E-state index >= 15 is 0 Å². The number of likely N-dealkylation sites (N-methyl/N-ethyl adjacent to an activating group) is 4. The van der Waals surface area contributed by atoms with Crippen molar-refractivity contribution < 1.29 is 58.6 Å². The average molecular weight is 1790 g/mol. The molecule has 16 nitrogen and oxygen atoms in total. The third-order valence-electron chi connectivity index (χ3n) is 21.3. The van der Waals surface area contributed by atoms with Crippen LogP contribution in [0.15, 0.2) is 135 Å². The van der Waals surface area contributed by atoms with Gasteiger partial charge in [-0.1, -0.05) is 161 Å². The van der Waals surface area contributed by atoms with E-state index in [0.29, 0.717) is 172 Å². The number of phenols is 4. The van der Waals surface area contributed by atoms with Crippen LogP contribution in [0, 0.1) is 23.7 Å². The van der Waals surface area contributed by atoms with E-state index in [9.17, 15) is 39.6 Å². The van der Waals surface area contributed by atoms with Crippen molar-refractivity contribution in [3.8, 4) is 46.0 Å². The molecule has 4 N–H and O–H groups in total. The molecule has 103 heavy (non-hydrogen) atoms. The maximum Gasteiger partial charge on any atom is 0.285 e. The van der Waals surface area contributed by atoms with Crippen molar-refractivity contribution in [1.29, 1.82) is 0 Å². The van der Waals surface area contributed by atoms with Crippen LogP contribution >= 0.6 is 114 Å². The number of hydrogen-bond acceptors (Lipinski definition) is 16. The van der Waals surface area contributed by atoms with Gasteiger partial charge in [0.1, 0.15) is 51.0 Å². The van der Waals surface area contributed by atoms with Gasteiger partial charge in [0.2, 0.25) is 23.1 Å². The SMILES string of the molecule is C=C1C(Br)=C(Br)C2(Oc3c(ccc(O)c3CCCC(C)CC)C2=O)N1C.C=C1C(Br)=C(Cl)C2(Oc3c(ccc(O)c3CCCC(C)CC)C2=O)N1C.C=C1C(Cl)=C(Br)C2(Oc3c(ccc(O)c3CCCC(C)C)C2=O)N1C.C=C1C(Cl)=C(Br)C2(Oc3c(ccc(O)c3CCCC(C)CC)C2=O)N1C. The molecule has 0 radical (unpaired) electrons. The molecule has 0 amide bonds. The van der Waals surface area contributed by atoms with Crippen LogP contribution in [0.5, 0.6) is 46.0 Å². The van der Waals surface area contributed by atoms with Gasteiger partial charge in [0.15, 0.2) is 0 Å². The molecule has 7 unspecified atom stereocenters. The molecule has 0 aromatic heterocycles. The number of hydrogen-bond donors (Lipinski definition) is 4. The van der Waals surface area contributed by atoms with Gasteiger partial charge in [-0.25, -0.2) is 0 Å². The second-order valence-corrected chi connectivity index (χ2v) is 33.2. The first kappa shape index (κ1) is 81.4. The molecule has 0 fully saturated rings. The largest absolute Gasteiger partial charge is 0.508 e. The lowest BCUT2D eigenvalue weighted by atomic mass is 9.96. The van der Waals surface area contributed by atoms with Crippen molar-refractivity contribution in [2.24, 2.45) is 23.7 Å². The zero-order chi connectivity index (χ0) is 76.2. The van der Waals surface area contributed by atoms with Crippen LogP contribution in [-0.2, 0) is 25.7 Å². The summed E-state index contributed by atoms with van der Waals surface area (Å²) in [6.07, 6.45) is 13.9. The van der Waals surface area contributed by atoms with Crippen LogP contribution in [0.1, 0.15) is 190 Å². The Balaban J connectivity index is 0.000000160. The second-order valence-electron chi connectivity index (χ2n) is 28.1. The van der Waals surface area contributed by atoms with Crippen LogP contribution in [0.25, 0.3) is 0 Å². The highest BCUT2D eigenvalue weighted by Crippen LogP contribution is 2.58. The predicted octanol–water partition coefficient (Wildman–Crippen LogP) is 21.1. The fraction of sp³-hybridized carbons (Fsp3) is 0.443. The number of nitrogens with zero attached hydrogens (tertiary/aromatic N) is 4. The number of halogens is 8. The van der Waals surface area contributed by atoms with E-state index in [1.165, 1.54) is 0 Å². The summed E-state index contributed by atoms with van der Waals surface area (Å²) in [5.41, 5.74) is 1.43. The number of benzene rings is 4. The lowest BCUT2D eigenvalue weighted by molar-refractivity contribution is 0.0213. The molecular weight excluding hydrogens is 1700 g/mol. The molecule has 554 valence electrons. The van der Waals surface area contributed by atoms with E-state index in [1.807, 2.05) is 0 Å². The van der Waals surface area contributed by atoms with Gasteiger partial charge in [-0.15, -0.1) is 0 Å². The minimum atomic E-state index is -1.43. The zero-order valence-corrected chi connectivity index (χ0v) is 70.4. The Morgan fingerprint density at radius 1 is 0.398 bits per heavy atom. The highest BCUT2D eigenvalue weighted by molar-refractivity contribution is 9.14. The molecule has 0 bridgehead atoms. The summed E-state index contributed by atoms with van der Waals surface area (Å²) >= 11 is 36.3. The van der Waals surface area contributed by atoms with Crippen molar-refractivity contribution >= 4 is 138 Å². The van der Waals surface area contributed by atoms with Crippen LogP contribution in [0.4, 0.5) is 0 Å². The number of Topliss-reactive ketones (excluding diaryl/α,β-unsaturated/α-hetero) is 4. The molecule has 4 aromatic rings. The Kier molecular flexibility index (Phi) is 25.3. The molecule has 8 aliphatic heterocycles. The number of carbonyl (C=O) groups excluding carboxylic acids is 4. The molecule has 0 aliphatic carbocycles. The van der Waals surface area contributed by atoms with Gasteiger partial charge in [-0.05, 0) is 203 Å². The number of allylic oxidation sites excluding steroid dienone is 4. The second kappa shape index (κ2) is 32.0. The van der Waals surface area contributed by atoms with Crippen molar-refractivity contribution in [3.05, 3.63) is 180 Å². The molecule has 8 heterocycles. The highest BCUT2D eigenvalue weighted by Gasteiger charge is 2.63. The maximum atomic E-state index is 13.3. The van der Waals surface area contributed by atoms with Gasteiger partial charge in [-0.2, -0.15) is 0 Å². The van der Waals surface area contributed by atoms with Crippen molar-refractivity contribution in [3.63, 3.8) is 0 Å². The number of rotatable bonds is 19. The summed E-state index contributed by atoms with van der Waals surface area (Å²) in [7, 11) is 6.96. The minimum Gasteiger partial charge on any atom is -0.508 e. The monoisotopic (exact) mass is 1790 g/mol. The fourth-order valence-corrected chi connectivity index (χ4v) is 18.0. The first-order valence-corrected chi connectivity index (χ1v) is 39.9. The van der Waals surface area contributed by atoms with E-state index in [0.717, 1.165) is 70.6 Å². The van der Waals surface area contributed by atoms with Crippen molar-refractivity contribution in [2.75, 3.05) is 28.2 Å². The molecule has 8 aliphatic rings. The Labute approximate surface area is 662 Å². The average Bonchev–Trinajstić information content (AvgIpc) is 1.58. The number of ether oxygens (including phenoxy) is 4. The number of phenolic OH excluding ortho intramolecular Hbond substituents is 4. The zero-order valence-electron chi connectivity index (χ0n) is 60.2. The van der Waals surface area contributed by atoms with Gasteiger partial charge in [-0.3, -0.25) is 19.2 Å². The van der Waals surface area contributed by atoms with Crippen LogP contribution in [0.2, 0.25) is 0 Å². The topological polar surface area (TPSA) is 199 Å². The van der Waals surface area contributed by atoms with Crippen LogP contribution in [0.3, 0.4) is 0 Å². The third-order valence-corrected chi connectivity index (χ3v) is 28.3. The predicted molar refractivity (Wildman–Crippen MR) is 426 cm³/mol. The van der Waals surface area contributed by atoms with Gasteiger partial charge >= 0.3 is 0 Å². The maximum absolute atomic E-state index is 13.3. The van der Waals surface area contributed by atoms with Crippen LogP contribution < -0.4 is 18.9 Å². The first-order valence-electron chi connectivity index (χ1n) is 34.8. The smallest absolute Gasteiger partial charge is 0.285 e. The third kappa shape index (κ3) is 13.9. The van der Waals surface area contributed by atoms with Gasteiger partial charge < -0.3 is 59.0 Å². The van der Waals surface area contributed by atoms with E-state index in [2.05, 4.69) is 161 Å². The Bertz CT molecular complexity index is 4020. The molecule has 24 heteroatoms. The lowest BCUT2D eigenvalue weighted by Crippen LogP contribution is -2.51. The minimum absolute atomic E-state index is 0.149. The normalized spacial score (nSPS) is 22.9.